The Morgan fingerprint density at radius 2 is 1.86 bits per heavy atom. The molecular formula is C15H20FNO4. The molecule has 0 saturated carbocycles. The molecule has 1 saturated heterocycles. The topological polar surface area (TPSA) is 48.0 Å². The van der Waals surface area contributed by atoms with Gasteiger partial charge in [-0.3, -0.25) is 9.69 Å². The van der Waals surface area contributed by atoms with Crippen molar-refractivity contribution < 1.29 is 23.4 Å². The molecule has 0 N–H and O–H groups in total. The Bertz CT molecular complexity index is 496. The number of nitrogens with zero attached hydrogens (tertiary/aromatic N) is 1. The van der Waals surface area contributed by atoms with Gasteiger partial charge in [-0.05, 0) is 18.2 Å². The second-order valence-corrected chi connectivity index (χ2v) is 5.01. The summed E-state index contributed by atoms with van der Waals surface area (Å²) in [4.78, 5) is 14.3. The lowest BCUT2D eigenvalue weighted by atomic mass is 10.1. The Kier molecular flexibility index (Phi) is 5.27. The summed E-state index contributed by atoms with van der Waals surface area (Å²) in [5.41, 5.74) is 0.257. The van der Waals surface area contributed by atoms with Gasteiger partial charge in [-0.15, -0.1) is 0 Å². The molecule has 1 aromatic rings. The standard InChI is InChI=1S/C15H20FNO4/c1-19-13-5-4-10(16)6-11(13)12(18)7-17-8-14(20-2)15(9-17)21-3/h4-6,14-15H,7-9H2,1-3H3. The summed E-state index contributed by atoms with van der Waals surface area (Å²) in [6, 6.07) is 3.94. The molecule has 2 atom stereocenters. The number of halogens is 1. The van der Waals surface area contributed by atoms with Crippen molar-refractivity contribution in [1.82, 2.24) is 4.90 Å². The van der Waals surface area contributed by atoms with Gasteiger partial charge in [-0.1, -0.05) is 0 Å². The van der Waals surface area contributed by atoms with Crippen LogP contribution in [0.1, 0.15) is 10.4 Å². The van der Waals surface area contributed by atoms with Crippen molar-refractivity contribution in [2.75, 3.05) is 41.0 Å². The first-order valence-corrected chi connectivity index (χ1v) is 6.73. The molecule has 1 aromatic carbocycles. The Morgan fingerprint density at radius 3 is 2.38 bits per heavy atom. The molecule has 1 aliphatic heterocycles. The van der Waals surface area contributed by atoms with E-state index in [0.29, 0.717) is 18.8 Å². The van der Waals surface area contributed by atoms with E-state index >= 15 is 0 Å². The van der Waals surface area contributed by atoms with E-state index in [1.165, 1.54) is 25.3 Å². The number of carbonyl (C=O) groups is 1. The van der Waals surface area contributed by atoms with Crippen LogP contribution in [0.25, 0.3) is 0 Å². The van der Waals surface area contributed by atoms with Crippen LogP contribution in [0.2, 0.25) is 0 Å². The zero-order valence-corrected chi connectivity index (χ0v) is 12.5. The Labute approximate surface area is 123 Å². The van der Waals surface area contributed by atoms with E-state index in [0.717, 1.165) is 0 Å². The molecule has 1 heterocycles. The third kappa shape index (κ3) is 3.58. The molecule has 0 radical (unpaired) electrons. The van der Waals surface area contributed by atoms with Gasteiger partial charge in [0.1, 0.15) is 11.6 Å². The van der Waals surface area contributed by atoms with Crippen LogP contribution in [-0.4, -0.2) is 63.9 Å². The summed E-state index contributed by atoms with van der Waals surface area (Å²) in [7, 11) is 4.71. The fourth-order valence-electron chi connectivity index (χ4n) is 2.59. The summed E-state index contributed by atoms with van der Waals surface area (Å²) in [6.07, 6.45) is -0.116. The van der Waals surface area contributed by atoms with Gasteiger partial charge in [0, 0.05) is 27.3 Å². The summed E-state index contributed by atoms with van der Waals surface area (Å²) < 4.78 is 29.1. The zero-order chi connectivity index (χ0) is 15.4. The fraction of sp³-hybridized carbons (Fsp3) is 0.533. The minimum absolute atomic E-state index is 0.0581. The number of ketones is 1. The maximum atomic E-state index is 13.3. The van der Waals surface area contributed by atoms with Crippen molar-refractivity contribution >= 4 is 5.78 Å². The van der Waals surface area contributed by atoms with Gasteiger partial charge in [-0.25, -0.2) is 4.39 Å². The maximum Gasteiger partial charge on any atom is 0.180 e. The number of carbonyl (C=O) groups excluding carboxylic acids is 1. The first-order chi connectivity index (χ1) is 10.1. The third-order valence-electron chi connectivity index (χ3n) is 3.73. The molecule has 1 fully saturated rings. The van der Waals surface area contributed by atoms with Crippen LogP contribution in [-0.2, 0) is 9.47 Å². The van der Waals surface area contributed by atoms with Crippen LogP contribution in [0.15, 0.2) is 18.2 Å². The maximum absolute atomic E-state index is 13.3. The van der Waals surface area contributed by atoms with E-state index in [9.17, 15) is 9.18 Å². The predicted octanol–water partition coefficient (Wildman–Crippen LogP) is 1.36. The highest BCUT2D eigenvalue weighted by Crippen LogP contribution is 2.22. The van der Waals surface area contributed by atoms with Crippen molar-refractivity contribution in [2.24, 2.45) is 0 Å². The molecule has 0 aliphatic carbocycles. The number of methoxy groups -OCH3 is 3. The zero-order valence-electron chi connectivity index (χ0n) is 12.5. The fourth-order valence-corrected chi connectivity index (χ4v) is 2.59. The van der Waals surface area contributed by atoms with Crippen molar-refractivity contribution in [3.8, 4) is 5.75 Å². The highest BCUT2D eigenvalue weighted by molar-refractivity contribution is 6.00. The third-order valence-corrected chi connectivity index (χ3v) is 3.73. The van der Waals surface area contributed by atoms with Crippen LogP contribution >= 0.6 is 0 Å². The summed E-state index contributed by atoms with van der Waals surface area (Å²) in [5.74, 6) is -0.254. The minimum Gasteiger partial charge on any atom is -0.496 e. The molecule has 2 rings (SSSR count). The van der Waals surface area contributed by atoms with Crippen molar-refractivity contribution in [2.45, 2.75) is 12.2 Å². The monoisotopic (exact) mass is 297 g/mol. The largest absolute Gasteiger partial charge is 0.496 e. The molecule has 0 amide bonds. The molecular weight excluding hydrogens is 277 g/mol. The van der Waals surface area contributed by atoms with E-state index in [-0.39, 0.29) is 30.1 Å². The molecule has 21 heavy (non-hydrogen) atoms. The van der Waals surface area contributed by atoms with Gasteiger partial charge in [0.2, 0.25) is 0 Å². The van der Waals surface area contributed by atoms with E-state index in [2.05, 4.69) is 0 Å². The number of hydrogen-bond donors (Lipinski definition) is 0. The number of benzene rings is 1. The number of likely N-dealkylation sites (tertiary alicyclic amines) is 1. The lowest BCUT2D eigenvalue weighted by Crippen LogP contribution is -2.29. The van der Waals surface area contributed by atoms with Crippen molar-refractivity contribution in [1.29, 1.82) is 0 Å². The van der Waals surface area contributed by atoms with Crippen LogP contribution in [0, 0.1) is 5.82 Å². The average Bonchev–Trinajstić information content (AvgIpc) is 2.89. The molecule has 116 valence electrons. The Balaban J connectivity index is 2.07. The predicted molar refractivity (Wildman–Crippen MR) is 75.3 cm³/mol. The van der Waals surface area contributed by atoms with E-state index < -0.39 is 5.82 Å². The van der Waals surface area contributed by atoms with Crippen LogP contribution in [0.5, 0.6) is 5.75 Å². The molecule has 6 heteroatoms. The quantitative estimate of drug-likeness (QED) is 0.742. The SMILES string of the molecule is COc1ccc(F)cc1C(=O)CN1CC(OC)C(OC)C1. The molecule has 0 bridgehead atoms. The molecule has 0 aromatic heterocycles. The van der Waals surface area contributed by atoms with E-state index in [1.807, 2.05) is 4.90 Å². The van der Waals surface area contributed by atoms with E-state index in [4.69, 9.17) is 14.2 Å². The van der Waals surface area contributed by atoms with Gasteiger partial charge < -0.3 is 14.2 Å². The van der Waals surface area contributed by atoms with Crippen molar-refractivity contribution in [3.63, 3.8) is 0 Å². The number of rotatable bonds is 6. The summed E-state index contributed by atoms with van der Waals surface area (Å²) in [6.45, 7) is 1.40. The van der Waals surface area contributed by atoms with Crippen LogP contribution in [0.4, 0.5) is 4.39 Å². The van der Waals surface area contributed by atoms with Gasteiger partial charge in [0.15, 0.2) is 5.78 Å². The van der Waals surface area contributed by atoms with Gasteiger partial charge >= 0.3 is 0 Å². The summed E-state index contributed by atoms with van der Waals surface area (Å²) >= 11 is 0. The van der Waals surface area contributed by atoms with Crippen LogP contribution in [0.3, 0.4) is 0 Å². The first-order valence-electron chi connectivity index (χ1n) is 6.73. The number of ether oxygens (including phenoxy) is 3. The lowest BCUT2D eigenvalue weighted by Gasteiger charge is -2.15. The molecule has 2 unspecified atom stereocenters. The van der Waals surface area contributed by atoms with Crippen LogP contribution < -0.4 is 4.74 Å². The van der Waals surface area contributed by atoms with Gasteiger partial charge in [-0.2, -0.15) is 0 Å². The second kappa shape index (κ2) is 6.98. The summed E-state index contributed by atoms with van der Waals surface area (Å²) in [5, 5.41) is 0. The van der Waals surface area contributed by atoms with E-state index in [1.54, 1.807) is 14.2 Å². The van der Waals surface area contributed by atoms with Gasteiger partial charge in [0.05, 0.1) is 31.4 Å². The highest BCUT2D eigenvalue weighted by Gasteiger charge is 2.34. The Hall–Kier alpha value is -1.50. The molecule has 5 nitrogen and oxygen atoms in total. The van der Waals surface area contributed by atoms with Crippen molar-refractivity contribution in [3.05, 3.63) is 29.6 Å². The number of Topliss-reactive ketones (excluding diaryl/α,β-unsaturated/α-hetero) is 1. The Morgan fingerprint density at radius 1 is 1.24 bits per heavy atom. The average molecular weight is 297 g/mol. The smallest absolute Gasteiger partial charge is 0.180 e. The first kappa shape index (κ1) is 15.9. The number of hydrogen-bond acceptors (Lipinski definition) is 5. The van der Waals surface area contributed by atoms with Gasteiger partial charge in [0.25, 0.3) is 0 Å². The molecule has 1 aliphatic rings. The highest BCUT2D eigenvalue weighted by atomic mass is 19.1. The lowest BCUT2D eigenvalue weighted by molar-refractivity contribution is -0.00461. The normalized spacial score (nSPS) is 22.5. The molecule has 0 spiro atoms. The minimum atomic E-state index is -0.454. The second-order valence-electron chi connectivity index (χ2n) is 5.01.